The molecule has 0 heterocycles. The van der Waals surface area contributed by atoms with Crippen LogP contribution in [0.15, 0.2) is 30.3 Å². The van der Waals surface area contributed by atoms with Crippen LogP contribution in [0, 0.1) is 0 Å². The van der Waals surface area contributed by atoms with Gasteiger partial charge in [-0.3, -0.25) is 0 Å². The van der Waals surface area contributed by atoms with E-state index in [9.17, 15) is 4.79 Å². The maximum absolute atomic E-state index is 11.0. The highest BCUT2D eigenvalue weighted by atomic mass is 16.5. The molecule has 0 radical (unpaired) electrons. The summed E-state index contributed by atoms with van der Waals surface area (Å²) in [5.74, 6) is -0.260. The highest BCUT2D eigenvalue weighted by molar-refractivity contribution is 5.74. The van der Waals surface area contributed by atoms with Crippen LogP contribution in [-0.2, 0) is 16.0 Å². The smallest absolute Gasteiger partial charge is 0.364 e. The first kappa shape index (κ1) is 9.74. The molecule has 3 heteroatoms. The number of hydrogen-bond acceptors (Lipinski definition) is 2. The summed E-state index contributed by atoms with van der Waals surface area (Å²) in [7, 11) is 1.38. The van der Waals surface area contributed by atoms with Crippen LogP contribution in [0.2, 0.25) is 0 Å². The fraction of sp³-hybridized carbons (Fsp3) is 0.300. The van der Waals surface area contributed by atoms with Gasteiger partial charge in [-0.15, -0.1) is 0 Å². The summed E-state index contributed by atoms with van der Waals surface area (Å²) in [6, 6.07) is 9.47. The SMILES string of the molecule is COC(=O)C([NH3+])Cc1ccccc1. The maximum Gasteiger partial charge on any atom is 0.364 e. The quantitative estimate of drug-likeness (QED) is 0.666. The van der Waals surface area contributed by atoms with E-state index in [1.54, 1.807) is 0 Å². The van der Waals surface area contributed by atoms with Crippen molar-refractivity contribution in [1.82, 2.24) is 0 Å². The molecule has 0 bridgehead atoms. The molecule has 0 saturated heterocycles. The van der Waals surface area contributed by atoms with E-state index in [1.165, 1.54) is 7.11 Å². The lowest BCUT2D eigenvalue weighted by atomic mass is 10.1. The van der Waals surface area contributed by atoms with Gasteiger partial charge in [-0.2, -0.15) is 0 Å². The van der Waals surface area contributed by atoms with Crippen molar-refractivity contribution in [3.05, 3.63) is 35.9 Å². The Morgan fingerprint density at radius 1 is 1.46 bits per heavy atom. The van der Waals surface area contributed by atoms with Gasteiger partial charge in [-0.05, 0) is 5.56 Å². The minimum Gasteiger partial charge on any atom is -0.465 e. The van der Waals surface area contributed by atoms with E-state index in [1.807, 2.05) is 30.3 Å². The van der Waals surface area contributed by atoms with E-state index in [2.05, 4.69) is 10.5 Å². The van der Waals surface area contributed by atoms with E-state index in [0.717, 1.165) is 5.56 Å². The third kappa shape index (κ3) is 2.87. The molecule has 0 amide bonds. The van der Waals surface area contributed by atoms with Crippen LogP contribution in [0.1, 0.15) is 5.56 Å². The zero-order valence-corrected chi connectivity index (χ0v) is 7.69. The molecule has 0 aromatic heterocycles. The van der Waals surface area contributed by atoms with E-state index in [4.69, 9.17) is 0 Å². The van der Waals surface area contributed by atoms with Crippen LogP contribution in [0.3, 0.4) is 0 Å². The van der Waals surface area contributed by atoms with E-state index in [-0.39, 0.29) is 12.0 Å². The highest BCUT2D eigenvalue weighted by Gasteiger charge is 2.17. The number of esters is 1. The lowest BCUT2D eigenvalue weighted by molar-refractivity contribution is -0.407. The Balaban J connectivity index is 2.55. The van der Waals surface area contributed by atoms with Crippen LogP contribution in [0.4, 0.5) is 0 Å². The summed E-state index contributed by atoms with van der Waals surface area (Å²) in [6.45, 7) is 0. The fourth-order valence-electron chi connectivity index (χ4n) is 1.15. The lowest BCUT2D eigenvalue weighted by Gasteiger charge is -2.05. The first-order chi connectivity index (χ1) is 6.24. The van der Waals surface area contributed by atoms with Gasteiger partial charge in [-0.1, -0.05) is 30.3 Å². The number of quaternary nitrogens is 1. The number of hydrogen-bond donors (Lipinski definition) is 1. The predicted molar refractivity (Wildman–Crippen MR) is 48.8 cm³/mol. The normalized spacial score (nSPS) is 12.2. The molecule has 0 aliphatic carbocycles. The molecule has 0 aliphatic rings. The summed E-state index contributed by atoms with van der Waals surface area (Å²) < 4.78 is 4.58. The zero-order valence-electron chi connectivity index (χ0n) is 7.69. The molecule has 1 atom stereocenters. The van der Waals surface area contributed by atoms with Gasteiger partial charge in [-0.25, -0.2) is 4.79 Å². The minimum atomic E-state index is -0.313. The number of ether oxygens (including phenoxy) is 1. The Kier molecular flexibility index (Phi) is 3.46. The van der Waals surface area contributed by atoms with Crippen molar-refractivity contribution in [2.75, 3.05) is 7.11 Å². The van der Waals surface area contributed by atoms with Crippen molar-refractivity contribution in [3.63, 3.8) is 0 Å². The molecule has 1 aromatic carbocycles. The molecule has 70 valence electrons. The second-order valence-corrected chi connectivity index (χ2v) is 2.91. The Morgan fingerprint density at radius 2 is 2.08 bits per heavy atom. The standard InChI is InChI=1S/C10H13NO2/c1-13-10(12)9(11)7-8-5-3-2-4-6-8/h2-6,9H,7,11H2,1H3/p+1. The summed E-state index contributed by atoms with van der Waals surface area (Å²) in [5, 5.41) is 0. The molecule has 0 fully saturated rings. The Labute approximate surface area is 77.5 Å². The fourth-order valence-corrected chi connectivity index (χ4v) is 1.15. The minimum absolute atomic E-state index is 0.260. The second-order valence-electron chi connectivity index (χ2n) is 2.91. The largest absolute Gasteiger partial charge is 0.465 e. The van der Waals surface area contributed by atoms with Gasteiger partial charge in [0.2, 0.25) is 0 Å². The van der Waals surface area contributed by atoms with Crippen LogP contribution in [0.5, 0.6) is 0 Å². The lowest BCUT2D eigenvalue weighted by Crippen LogP contribution is -2.66. The van der Waals surface area contributed by atoms with Crippen molar-refractivity contribution in [3.8, 4) is 0 Å². The molecule has 1 rings (SSSR count). The molecule has 1 unspecified atom stereocenters. The van der Waals surface area contributed by atoms with E-state index >= 15 is 0 Å². The predicted octanol–water partition coefficient (Wildman–Crippen LogP) is 0.0126. The Morgan fingerprint density at radius 3 is 2.62 bits per heavy atom. The van der Waals surface area contributed by atoms with Crippen molar-refractivity contribution >= 4 is 5.97 Å². The van der Waals surface area contributed by atoms with Crippen molar-refractivity contribution < 1.29 is 15.3 Å². The average Bonchev–Trinajstić information content (AvgIpc) is 2.18. The number of benzene rings is 1. The van der Waals surface area contributed by atoms with Gasteiger partial charge in [0.25, 0.3) is 0 Å². The Hall–Kier alpha value is -1.35. The van der Waals surface area contributed by atoms with E-state index < -0.39 is 0 Å². The van der Waals surface area contributed by atoms with Crippen molar-refractivity contribution in [2.24, 2.45) is 0 Å². The molecule has 1 aromatic rings. The summed E-state index contributed by atoms with van der Waals surface area (Å²) in [4.78, 5) is 11.0. The van der Waals surface area contributed by atoms with Crippen LogP contribution in [-0.4, -0.2) is 19.1 Å². The van der Waals surface area contributed by atoms with Crippen molar-refractivity contribution in [2.45, 2.75) is 12.5 Å². The van der Waals surface area contributed by atoms with Gasteiger partial charge in [0.05, 0.1) is 7.11 Å². The number of rotatable bonds is 3. The molecule has 13 heavy (non-hydrogen) atoms. The van der Waals surface area contributed by atoms with E-state index in [0.29, 0.717) is 6.42 Å². The number of carbonyl (C=O) groups is 1. The summed E-state index contributed by atoms with van der Waals surface area (Å²) >= 11 is 0. The summed E-state index contributed by atoms with van der Waals surface area (Å²) in [5.41, 5.74) is 4.83. The zero-order chi connectivity index (χ0) is 9.68. The van der Waals surface area contributed by atoms with Gasteiger partial charge in [0.15, 0.2) is 6.04 Å². The third-order valence-corrected chi connectivity index (χ3v) is 1.86. The molecular weight excluding hydrogens is 166 g/mol. The third-order valence-electron chi connectivity index (χ3n) is 1.86. The molecule has 0 spiro atoms. The number of carbonyl (C=O) groups excluding carboxylic acids is 1. The first-order valence-corrected chi connectivity index (χ1v) is 4.19. The molecule has 0 saturated carbocycles. The molecule has 0 aliphatic heterocycles. The molecule has 3 nitrogen and oxygen atoms in total. The van der Waals surface area contributed by atoms with Crippen LogP contribution < -0.4 is 5.73 Å². The van der Waals surface area contributed by atoms with Crippen LogP contribution in [0.25, 0.3) is 0 Å². The van der Waals surface area contributed by atoms with Crippen molar-refractivity contribution in [1.29, 1.82) is 0 Å². The van der Waals surface area contributed by atoms with Crippen LogP contribution >= 0.6 is 0 Å². The average molecular weight is 180 g/mol. The highest BCUT2D eigenvalue weighted by Crippen LogP contribution is 2.01. The molecular formula is C10H14NO2+. The van der Waals surface area contributed by atoms with Gasteiger partial charge >= 0.3 is 5.97 Å². The topological polar surface area (TPSA) is 53.9 Å². The van der Waals surface area contributed by atoms with Gasteiger partial charge in [0.1, 0.15) is 0 Å². The first-order valence-electron chi connectivity index (χ1n) is 4.19. The van der Waals surface area contributed by atoms with Gasteiger partial charge < -0.3 is 10.5 Å². The number of methoxy groups -OCH3 is 1. The Bertz CT molecular complexity index is 272. The monoisotopic (exact) mass is 180 g/mol. The van der Waals surface area contributed by atoms with Gasteiger partial charge in [0, 0.05) is 6.42 Å². The summed E-state index contributed by atoms with van der Waals surface area (Å²) in [6.07, 6.45) is 0.632. The molecule has 3 N–H and O–H groups in total. The maximum atomic E-state index is 11.0. The second kappa shape index (κ2) is 4.62.